The number of hydrogen-bond acceptors (Lipinski definition) is 7. The van der Waals surface area contributed by atoms with Crippen LogP contribution in [0.15, 0.2) is 91.5 Å². The number of rotatable bonds is 6. The van der Waals surface area contributed by atoms with Crippen molar-refractivity contribution < 1.29 is 19.5 Å². The number of nitrogens with one attached hydrogen (secondary N) is 2. The van der Waals surface area contributed by atoms with Gasteiger partial charge in [-0.05, 0) is 53.6 Å². The maximum Gasteiger partial charge on any atom is 0.288 e. The van der Waals surface area contributed by atoms with Crippen LogP contribution in [-0.2, 0) is 9.59 Å². The maximum atomic E-state index is 12.6. The van der Waals surface area contributed by atoms with Gasteiger partial charge in [0.05, 0.1) is 5.52 Å². The zero-order valence-corrected chi connectivity index (χ0v) is 19.3. The highest BCUT2D eigenvalue weighted by Gasteiger charge is 2.13. The highest BCUT2D eigenvalue weighted by molar-refractivity contribution is 6.29. The van der Waals surface area contributed by atoms with E-state index in [9.17, 15) is 19.5 Å². The molecule has 0 aliphatic rings. The first-order chi connectivity index (χ1) is 18.0. The van der Waals surface area contributed by atoms with E-state index >= 15 is 0 Å². The lowest BCUT2D eigenvalue weighted by Gasteiger charge is -2.12. The second kappa shape index (κ2) is 10.0. The molecular formula is C28H19N5O4. The Morgan fingerprint density at radius 2 is 1.59 bits per heavy atom. The zero-order chi connectivity index (χ0) is 25.8. The van der Waals surface area contributed by atoms with Crippen LogP contribution in [0.3, 0.4) is 0 Å². The monoisotopic (exact) mass is 489 g/mol. The Morgan fingerprint density at radius 1 is 0.784 bits per heavy atom. The van der Waals surface area contributed by atoms with E-state index in [0.29, 0.717) is 16.9 Å². The molecule has 5 aromatic rings. The standard InChI is InChI=1S/C28H19N5O4/c34-15-26(36)32-21-4-1-3-17(10-21)24-11-19(9-20-13-29-16-31-27(20)24)18-7-8-25(30-14-18)28(37)33-22-5-2-6-23(35)12-22/h1-16,35H,(H,32,36)(H,33,37). The molecule has 0 aliphatic heterocycles. The first-order valence-electron chi connectivity index (χ1n) is 11.2. The third-order valence-electron chi connectivity index (χ3n) is 5.59. The number of fused-ring (bicyclic) bond motifs is 1. The average molecular weight is 489 g/mol. The van der Waals surface area contributed by atoms with E-state index in [2.05, 4.69) is 25.6 Å². The molecule has 9 heteroatoms. The molecular weight excluding hydrogens is 470 g/mol. The number of amides is 2. The quantitative estimate of drug-likeness (QED) is 0.237. The molecule has 0 saturated heterocycles. The van der Waals surface area contributed by atoms with Gasteiger partial charge in [0.1, 0.15) is 17.8 Å². The fourth-order valence-corrected chi connectivity index (χ4v) is 3.90. The largest absolute Gasteiger partial charge is 0.508 e. The SMILES string of the molecule is O=CC(=O)Nc1cccc(-c2cc(-c3ccc(C(=O)Nc4cccc(O)c4)nc3)cc3cncnc23)c1. The van der Waals surface area contributed by atoms with Crippen LogP contribution in [0, 0.1) is 0 Å². The topological polar surface area (TPSA) is 134 Å². The average Bonchev–Trinajstić information content (AvgIpc) is 2.92. The molecule has 180 valence electrons. The Balaban J connectivity index is 1.49. The van der Waals surface area contributed by atoms with Crippen molar-refractivity contribution in [2.24, 2.45) is 0 Å². The molecule has 0 unspecified atom stereocenters. The summed E-state index contributed by atoms with van der Waals surface area (Å²) in [6, 6.07) is 20.7. The van der Waals surface area contributed by atoms with Crippen LogP contribution in [0.2, 0.25) is 0 Å². The lowest BCUT2D eigenvalue weighted by molar-refractivity contribution is -0.127. The number of pyridine rings is 1. The van der Waals surface area contributed by atoms with E-state index < -0.39 is 11.8 Å². The van der Waals surface area contributed by atoms with E-state index in [-0.39, 0.29) is 17.7 Å². The molecule has 0 bridgehead atoms. The number of carbonyl (C=O) groups is 3. The summed E-state index contributed by atoms with van der Waals surface area (Å²) in [5.41, 5.74) is 5.04. The molecule has 0 atom stereocenters. The number of benzene rings is 3. The van der Waals surface area contributed by atoms with Gasteiger partial charge in [-0.2, -0.15) is 0 Å². The van der Waals surface area contributed by atoms with Crippen molar-refractivity contribution in [2.45, 2.75) is 0 Å². The number of anilines is 2. The van der Waals surface area contributed by atoms with E-state index in [1.807, 2.05) is 18.2 Å². The van der Waals surface area contributed by atoms with Crippen molar-refractivity contribution >= 4 is 40.4 Å². The van der Waals surface area contributed by atoms with Gasteiger partial charge in [-0.25, -0.2) is 9.97 Å². The van der Waals surface area contributed by atoms with Gasteiger partial charge in [0.2, 0.25) is 6.29 Å². The highest BCUT2D eigenvalue weighted by atomic mass is 16.3. The molecule has 3 aromatic carbocycles. The third-order valence-corrected chi connectivity index (χ3v) is 5.59. The summed E-state index contributed by atoms with van der Waals surface area (Å²) in [6.45, 7) is 0. The second-order valence-corrected chi connectivity index (χ2v) is 8.11. The number of hydrogen-bond donors (Lipinski definition) is 3. The number of aldehydes is 1. The first-order valence-corrected chi connectivity index (χ1v) is 11.2. The number of phenols is 1. The van der Waals surface area contributed by atoms with Crippen LogP contribution in [0.5, 0.6) is 5.75 Å². The number of phenolic OH excluding ortho intramolecular Hbond substituents is 1. The van der Waals surface area contributed by atoms with Gasteiger partial charge in [-0.3, -0.25) is 19.4 Å². The number of carbonyl (C=O) groups excluding carboxylic acids is 3. The molecule has 2 amide bonds. The molecule has 0 radical (unpaired) electrons. The van der Waals surface area contributed by atoms with Gasteiger partial charge in [0.15, 0.2) is 0 Å². The fourth-order valence-electron chi connectivity index (χ4n) is 3.90. The Hall–Kier alpha value is -5.44. The van der Waals surface area contributed by atoms with Crippen molar-refractivity contribution in [1.29, 1.82) is 0 Å². The van der Waals surface area contributed by atoms with Crippen molar-refractivity contribution in [1.82, 2.24) is 15.0 Å². The van der Waals surface area contributed by atoms with Crippen LogP contribution in [0.4, 0.5) is 11.4 Å². The Labute approximate surface area is 210 Å². The van der Waals surface area contributed by atoms with Crippen molar-refractivity contribution in [3.8, 4) is 28.0 Å². The van der Waals surface area contributed by atoms with Gasteiger partial charge in [0.25, 0.3) is 11.8 Å². The van der Waals surface area contributed by atoms with Gasteiger partial charge in [-0.15, -0.1) is 0 Å². The van der Waals surface area contributed by atoms with Crippen LogP contribution in [-0.4, -0.2) is 38.2 Å². The van der Waals surface area contributed by atoms with Crippen LogP contribution < -0.4 is 10.6 Å². The molecule has 2 heterocycles. The van der Waals surface area contributed by atoms with Crippen molar-refractivity contribution in [3.05, 3.63) is 97.2 Å². The summed E-state index contributed by atoms with van der Waals surface area (Å²) < 4.78 is 0. The zero-order valence-electron chi connectivity index (χ0n) is 19.3. The van der Waals surface area contributed by atoms with Gasteiger partial charge in [0, 0.05) is 46.3 Å². The van der Waals surface area contributed by atoms with Crippen LogP contribution in [0.25, 0.3) is 33.2 Å². The lowest BCUT2D eigenvalue weighted by Crippen LogP contribution is -2.13. The molecule has 2 aromatic heterocycles. The van der Waals surface area contributed by atoms with E-state index in [1.165, 1.54) is 18.5 Å². The minimum absolute atomic E-state index is 0.0499. The Morgan fingerprint density at radius 3 is 2.35 bits per heavy atom. The molecule has 0 aliphatic carbocycles. The predicted octanol–water partition coefficient (Wildman–Crippen LogP) is 4.45. The van der Waals surface area contributed by atoms with Crippen LogP contribution >= 0.6 is 0 Å². The molecule has 9 nitrogen and oxygen atoms in total. The van der Waals surface area contributed by atoms with Gasteiger partial charge < -0.3 is 15.7 Å². The van der Waals surface area contributed by atoms with Gasteiger partial charge in [-0.1, -0.05) is 24.3 Å². The summed E-state index contributed by atoms with van der Waals surface area (Å²) in [5, 5.41) is 15.6. The highest BCUT2D eigenvalue weighted by Crippen LogP contribution is 2.33. The fraction of sp³-hybridized carbons (Fsp3) is 0. The van der Waals surface area contributed by atoms with Crippen LogP contribution in [0.1, 0.15) is 10.5 Å². The lowest BCUT2D eigenvalue weighted by atomic mass is 9.96. The normalized spacial score (nSPS) is 10.6. The van der Waals surface area contributed by atoms with E-state index in [4.69, 9.17) is 0 Å². The molecule has 0 fully saturated rings. The third kappa shape index (κ3) is 5.15. The molecule has 37 heavy (non-hydrogen) atoms. The number of aromatic nitrogens is 3. The molecule has 5 rings (SSSR count). The Bertz CT molecular complexity index is 1650. The molecule has 3 N–H and O–H groups in total. The Kier molecular flexibility index (Phi) is 6.33. The minimum atomic E-state index is -0.739. The summed E-state index contributed by atoms with van der Waals surface area (Å²) in [6.07, 6.45) is 4.99. The van der Waals surface area contributed by atoms with Crippen molar-refractivity contribution in [3.63, 3.8) is 0 Å². The smallest absolute Gasteiger partial charge is 0.288 e. The van der Waals surface area contributed by atoms with Crippen molar-refractivity contribution in [2.75, 3.05) is 10.6 Å². The first kappa shape index (κ1) is 23.3. The minimum Gasteiger partial charge on any atom is -0.508 e. The number of nitrogens with zero attached hydrogens (tertiary/aromatic N) is 3. The summed E-state index contributed by atoms with van der Waals surface area (Å²) in [5.74, 6) is -1.09. The van der Waals surface area contributed by atoms with E-state index in [1.54, 1.807) is 54.9 Å². The molecule has 0 spiro atoms. The van der Waals surface area contributed by atoms with Gasteiger partial charge >= 0.3 is 0 Å². The summed E-state index contributed by atoms with van der Waals surface area (Å²) in [7, 11) is 0. The summed E-state index contributed by atoms with van der Waals surface area (Å²) in [4.78, 5) is 47.8. The van der Waals surface area contributed by atoms with E-state index in [0.717, 1.165) is 27.6 Å². The predicted molar refractivity (Wildman–Crippen MR) is 139 cm³/mol. The molecule has 0 saturated carbocycles. The maximum absolute atomic E-state index is 12.6. The second-order valence-electron chi connectivity index (χ2n) is 8.11. The number of aromatic hydroxyl groups is 1. The summed E-state index contributed by atoms with van der Waals surface area (Å²) >= 11 is 0.